The van der Waals surface area contributed by atoms with Gasteiger partial charge >= 0.3 is 0 Å². The SMILES string of the molecule is CCN(CC)c1ccc(C2/C(=C(/O)c3ccc(Cl)c(Cl)c3)C(=O)C(=O)N2c2cc(C)ccc2C)cc1. The molecule has 1 N–H and O–H groups in total. The quantitative estimate of drug-likeness (QED) is 0.213. The second kappa shape index (κ2) is 10.4. The predicted molar refractivity (Wildman–Crippen MR) is 147 cm³/mol. The lowest BCUT2D eigenvalue weighted by atomic mass is 9.94. The number of carbonyl (C=O) groups excluding carboxylic acids is 2. The first-order valence-electron chi connectivity index (χ1n) is 11.9. The van der Waals surface area contributed by atoms with Crippen LogP contribution in [0.25, 0.3) is 5.76 Å². The summed E-state index contributed by atoms with van der Waals surface area (Å²) in [5.74, 6) is -1.74. The molecule has 1 atom stereocenters. The summed E-state index contributed by atoms with van der Waals surface area (Å²) in [7, 11) is 0. The van der Waals surface area contributed by atoms with Crippen molar-refractivity contribution in [1.82, 2.24) is 0 Å². The molecular formula is C29H28Cl2N2O3. The van der Waals surface area contributed by atoms with E-state index in [0.29, 0.717) is 21.8 Å². The van der Waals surface area contributed by atoms with Crippen LogP contribution in [0.1, 0.15) is 42.1 Å². The lowest BCUT2D eigenvalue weighted by Gasteiger charge is -2.28. The molecule has 0 saturated carbocycles. The first kappa shape index (κ1) is 25.8. The number of aliphatic hydroxyl groups excluding tert-OH is 1. The maximum atomic E-state index is 13.5. The van der Waals surface area contributed by atoms with Gasteiger partial charge in [-0.25, -0.2) is 0 Å². The molecule has 1 fully saturated rings. The Bertz CT molecular complexity index is 1360. The Kier molecular flexibility index (Phi) is 7.43. The molecule has 1 aliphatic rings. The van der Waals surface area contributed by atoms with Crippen LogP contribution in [0.3, 0.4) is 0 Å². The van der Waals surface area contributed by atoms with Crippen molar-refractivity contribution in [3.05, 3.63) is 98.5 Å². The van der Waals surface area contributed by atoms with E-state index >= 15 is 0 Å². The fourth-order valence-electron chi connectivity index (χ4n) is 4.63. The molecule has 7 heteroatoms. The second-order valence-electron chi connectivity index (χ2n) is 8.85. The molecule has 0 spiro atoms. The van der Waals surface area contributed by atoms with E-state index in [2.05, 4.69) is 18.7 Å². The summed E-state index contributed by atoms with van der Waals surface area (Å²) in [4.78, 5) is 30.6. The van der Waals surface area contributed by atoms with Gasteiger partial charge in [0.05, 0.1) is 21.7 Å². The fourth-order valence-corrected chi connectivity index (χ4v) is 4.93. The molecule has 1 unspecified atom stereocenters. The van der Waals surface area contributed by atoms with Gasteiger partial charge < -0.3 is 10.0 Å². The van der Waals surface area contributed by atoms with Crippen molar-refractivity contribution in [2.45, 2.75) is 33.7 Å². The Morgan fingerprint density at radius 3 is 2.19 bits per heavy atom. The van der Waals surface area contributed by atoms with Crippen LogP contribution >= 0.6 is 23.2 Å². The van der Waals surface area contributed by atoms with E-state index in [0.717, 1.165) is 29.9 Å². The summed E-state index contributed by atoms with van der Waals surface area (Å²) in [6, 6.07) is 17.3. The van der Waals surface area contributed by atoms with Gasteiger partial charge in [-0.05, 0) is 80.8 Å². The van der Waals surface area contributed by atoms with Crippen LogP contribution in [-0.4, -0.2) is 29.9 Å². The number of anilines is 2. The van der Waals surface area contributed by atoms with Crippen molar-refractivity contribution >= 4 is 52.0 Å². The zero-order chi connectivity index (χ0) is 26.1. The minimum Gasteiger partial charge on any atom is -0.507 e. The Balaban J connectivity index is 1.94. The number of Topliss-reactive ketones (excluding diaryl/α,β-unsaturated/α-hetero) is 1. The molecule has 1 aliphatic heterocycles. The van der Waals surface area contributed by atoms with Gasteiger partial charge in [0.15, 0.2) is 0 Å². The summed E-state index contributed by atoms with van der Waals surface area (Å²) in [5, 5.41) is 11.9. The number of nitrogens with zero attached hydrogens (tertiary/aromatic N) is 2. The van der Waals surface area contributed by atoms with Gasteiger partial charge in [0.2, 0.25) is 0 Å². The Hall–Kier alpha value is -3.28. The van der Waals surface area contributed by atoms with Gasteiger partial charge in [0, 0.05) is 30.0 Å². The minimum atomic E-state index is -0.814. The van der Waals surface area contributed by atoms with E-state index < -0.39 is 17.7 Å². The van der Waals surface area contributed by atoms with Crippen LogP contribution in [0.15, 0.2) is 66.2 Å². The maximum Gasteiger partial charge on any atom is 0.300 e. The van der Waals surface area contributed by atoms with E-state index in [4.69, 9.17) is 23.2 Å². The van der Waals surface area contributed by atoms with Crippen LogP contribution < -0.4 is 9.80 Å². The van der Waals surface area contributed by atoms with E-state index in [1.807, 2.05) is 56.3 Å². The number of amides is 1. The number of halogens is 2. The molecule has 4 rings (SSSR count). The number of ketones is 1. The Labute approximate surface area is 221 Å². The van der Waals surface area contributed by atoms with E-state index in [1.165, 1.54) is 11.0 Å². The number of hydrogen-bond donors (Lipinski definition) is 1. The largest absolute Gasteiger partial charge is 0.507 e. The van der Waals surface area contributed by atoms with E-state index in [1.54, 1.807) is 12.1 Å². The first-order chi connectivity index (χ1) is 17.2. The van der Waals surface area contributed by atoms with Crippen molar-refractivity contribution in [3.8, 4) is 0 Å². The zero-order valence-corrected chi connectivity index (χ0v) is 22.2. The topological polar surface area (TPSA) is 60.9 Å². The highest BCUT2D eigenvalue weighted by Gasteiger charge is 2.47. The number of aliphatic hydroxyl groups is 1. The molecule has 1 heterocycles. The summed E-state index contributed by atoms with van der Waals surface area (Å²) < 4.78 is 0. The molecular weight excluding hydrogens is 495 g/mol. The summed E-state index contributed by atoms with van der Waals surface area (Å²) in [5.41, 5.74) is 4.51. The van der Waals surface area contributed by atoms with Crippen LogP contribution in [0.2, 0.25) is 10.0 Å². The number of carbonyl (C=O) groups is 2. The Morgan fingerprint density at radius 1 is 0.917 bits per heavy atom. The highest BCUT2D eigenvalue weighted by molar-refractivity contribution is 6.52. The molecule has 5 nitrogen and oxygen atoms in total. The lowest BCUT2D eigenvalue weighted by Crippen LogP contribution is -2.30. The highest BCUT2D eigenvalue weighted by atomic mass is 35.5. The molecule has 0 aromatic heterocycles. The standard InChI is InChI=1S/C29H28Cl2N2O3/c1-5-32(6-2)21-12-9-19(10-13-21)26-25(27(34)20-11-14-22(30)23(31)16-20)28(35)29(36)33(26)24-15-17(3)7-8-18(24)4/h7-16,26,34H,5-6H2,1-4H3/b27-25-. The van der Waals surface area contributed by atoms with Crippen LogP contribution in [-0.2, 0) is 9.59 Å². The van der Waals surface area contributed by atoms with Gasteiger partial charge in [-0.15, -0.1) is 0 Å². The van der Waals surface area contributed by atoms with Gasteiger partial charge in [-0.3, -0.25) is 14.5 Å². The lowest BCUT2D eigenvalue weighted by molar-refractivity contribution is -0.132. The van der Waals surface area contributed by atoms with Crippen LogP contribution in [0.4, 0.5) is 11.4 Å². The molecule has 0 aliphatic carbocycles. The van der Waals surface area contributed by atoms with Crippen LogP contribution in [0, 0.1) is 13.8 Å². The summed E-state index contributed by atoms with van der Waals surface area (Å²) in [6.45, 7) is 9.72. The average Bonchev–Trinajstić information content (AvgIpc) is 3.13. The van der Waals surface area contributed by atoms with Gasteiger partial charge in [0.1, 0.15) is 5.76 Å². The Morgan fingerprint density at radius 2 is 1.58 bits per heavy atom. The predicted octanol–water partition coefficient (Wildman–Crippen LogP) is 7.08. The first-order valence-corrected chi connectivity index (χ1v) is 12.6. The molecule has 3 aromatic carbocycles. The van der Waals surface area contributed by atoms with Crippen molar-refractivity contribution in [2.24, 2.45) is 0 Å². The fraction of sp³-hybridized carbons (Fsp3) is 0.241. The van der Waals surface area contributed by atoms with Gasteiger partial charge in [-0.1, -0.05) is 47.5 Å². The molecule has 3 aromatic rings. The normalized spacial score (nSPS) is 17.1. The number of hydrogen-bond acceptors (Lipinski definition) is 4. The summed E-state index contributed by atoms with van der Waals surface area (Å²) in [6.07, 6.45) is 0. The zero-order valence-electron chi connectivity index (χ0n) is 20.7. The molecule has 186 valence electrons. The smallest absolute Gasteiger partial charge is 0.300 e. The van der Waals surface area contributed by atoms with E-state index in [9.17, 15) is 14.7 Å². The van der Waals surface area contributed by atoms with Crippen molar-refractivity contribution < 1.29 is 14.7 Å². The van der Waals surface area contributed by atoms with Crippen LogP contribution in [0.5, 0.6) is 0 Å². The second-order valence-corrected chi connectivity index (χ2v) is 9.67. The molecule has 1 saturated heterocycles. The van der Waals surface area contributed by atoms with Gasteiger partial charge in [-0.2, -0.15) is 0 Å². The third-order valence-corrected chi connectivity index (χ3v) is 7.34. The van der Waals surface area contributed by atoms with Crippen molar-refractivity contribution in [2.75, 3.05) is 22.9 Å². The molecule has 36 heavy (non-hydrogen) atoms. The van der Waals surface area contributed by atoms with Crippen molar-refractivity contribution in [3.63, 3.8) is 0 Å². The number of rotatable bonds is 6. The molecule has 0 radical (unpaired) electrons. The summed E-state index contributed by atoms with van der Waals surface area (Å²) >= 11 is 12.2. The average molecular weight is 523 g/mol. The third kappa shape index (κ3) is 4.61. The number of aryl methyl sites for hydroxylation is 2. The monoisotopic (exact) mass is 522 g/mol. The van der Waals surface area contributed by atoms with Gasteiger partial charge in [0.25, 0.3) is 11.7 Å². The number of benzene rings is 3. The minimum absolute atomic E-state index is 0.00915. The molecule has 0 bridgehead atoms. The maximum absolute atomic E-state index is 13.5. The molecule has 1 amide bonds. The van der Waals surface area contributed by atoms with Crippen molar-refractivity contribution in [1.29, 1.82) is 0 Å². The third-order valence-electron chi connectivity index (χ3n) is 6.60. The van der Waals surface area contributed by atoms with E-state index in [-0.39, 0.29) is 16.4 Å². The highest BCUT2D eigenvalue weighted by Crippen LogP contribution is 2.44.